The van der Waals surface area contributed by atoms with Crippen molar-refractivity contribution in [3.8, 4) is 0 Å². The average Bonchev–Trinajstić information content (AvgIpc) is 2.98. The van der Waals surface area contributed by atoms with Crippen LogP contribution in [0.4, 0.5) is 5.13 Å². The fourth-order valence-corrected chi connectivity index (χ4v) is 5.96. The third-order valence-corrected chi connectivity index (χ3v) is 7.97. The Balaban J connectivity index is 1.76. The monoisotopic (exact) mass is 485 g/mol. The first-order chi connectivity index (χ1) is 14.8. The number of halogens is 1. The number of amides is 1. The van der Waals surface area contributed by atoms with Gasteiger partial charge in [0.15, 0.2) is 5.13 Å². The van der Waals surface area contributed by atoms with Gasteiger partial charge in [-0.3, -0.25) is 14.9 Å². The number of carbonyl (C=O) groups is 2. The van der Waals surface area contributed by atoms with Crippen molar-refractivity contribution >= 4 is 50.0 Å². The quantitative estimate of drug-likeness (QED) is 0.599. The van der Waals surface area contributed by atoms with Crippen molar-refractivity contribution in [2.75, 3.05) is 25.0 Å². The Kier molecular flexibility index (Phi) is 8.04. The van der Waals surface area contributed by atoms with Crippen LogP contribution in [-0.2, 0) is 26.0 Å². The smallest absolute Gasteiger partial charge is 0.311 e. The number of anilines is 1. The number of nitrogens with zero attached hydrogens (tertiary/aromatic N) is 2. The van der Waals surface area contributed by atoms with Crippen molar-refractivity contribution in [2.24, 2.45) is 0 Å². The largest absolute Gasteiger partial charge is 0.466 e. The normalized spacial score (nSPS) is 15.3. The first kappa shape index (κ1) is 23.6. The van der Waals surface area contributed by atoms with E-state index in [0.29, 0.717) is 23.9 Å². The van der Waals surface area contributed by atoms with E-state index in [4.69, 9.17) is 16.3 Å². The number of hydrogen-bond donors (Lipinski definition) is 1. The second-order valence-electron chi connectivity index (χ2n) is 7.04. The first-order valence-corrected chi connectivity index (χ1v) is 12.7. The molecule has 1 amide bonds. The fraction of sp³-hybridized carbons (Fsp3) is 0.450. The Bertz CT molecular complexity index is 1050. The lowest BCUT2D eigenvalue weighted by atomic mass is 10.2. The molecule has 0 atom stereocenters. The van der Waals surface area contributed by atoms with Crippen molar-refractivity contribution < 1.29 is 22.7 Å². The number of thiazole rings is 1. The van der Waals surface area contributed by atoms with Crippen LogP contribution in [0.1, 0.15) is 48.7 Å². The highest BCUT2D eigenvalue weighted by Gasteiger charge is 2.28. The summed E-state index contributed by atoms with van der Waals surface area (Å²) in [7, 11) is -3.80. The van der Waals surface area contributed by atoms with Crippen molar-refractivity contribution in [1.29, 1.82) is 0 Å². The highest BCUT2D eigenvalue weighted by Crippen LogP contribution is 2.28. The standard InChI is InChI=1S/C20H24ClN3O5S2/c1-2-29-18(25)12-15-13-30-20(22-15)23-19(26)14-7-8-16(21)17(11-14)31(27,28)24-9-5-3-4-6-10-24/h7-8,11,13H,2-6,9-10,12H2,1H3,(H,22,23,26). The number of benzene rings is 1. The Morgan fingerprint density at radius 2 is 1.94 bits per heavy atom. The third-order valence-electron chi connectivity index (χ3n) is 4.78. The minimum absolute atomic E-state index is 0.0133. The first-order valence-electron chi connectivity index (χ1n) is 10.0. The van der Waals surface area contributed by atoms with Crippen LogP contribution in [0.2, 0.25) is 5.02 Å². The summed E-state index contributed by atoms with van der Waals surface area (Å²) in [6.07, 6.45) is 3.60. The summed E-state index contributed by atoms with van der Waals surface area (Å²) in [5.74, 6) is -0.909. The zero-order valence-electron chi connectivity index (χ0n) is 17.1. The van der Waals surface area contributed by atoms with Gasteiger partial charge in [0.05, 0.1) is 23.7 Å². The maximum absolute atomic E-state index is 13.1. The molecule has 1 aromatic heterocycles. The van der Waals surface area contributed by atoms with Crippen LogP contribution in [-0.4, -0.2) is 49.3 Å². The van der Waals surface area contributed by atoms with Gasteiger partial charge in [-0.2, -0.15) is 4.31 Å². The van der Waals surface area contributed by atoms with Gasteiger partial charge in [-0.25, -0.2) is 13.4 Å². The lowest BCUT2D eigenvalue weighted by molar-refractivity contribution is -0.142. The number of ether oxygens (including phenoxy) is 1. The maximum Gasteiger partial charge on any atom is 0.311 e. The van der Waals surface area contributed by atoms with Crippen LogP contribution in [0.15, 0.2) is 28.5 Å². The van der Waals surface area contributed by atoms with Crippen LogP contribution in [0.25, 0.3) is 0 Å². The van der Waals surface area contributed by atoms with Crippen molar-refractivity contribution in [3.05, 3.63) is 39.9 Å². The number of nitrogens with one attached hydrogen (secondary N) is 1. The van der Waals surface area contributed by atoms with Gasteiger partial charge in [-0.1, -0.05) is 24.4 Å². The van der Waals surface area contributed by atoms with Crippen molar-refractivity contribution in [2.45, 2.75) is 43.9 Å². The summed E-state index contributed by atoms with van der Waals surface area (Å²) in [4.78, 5) is 28.4. The molecule has 1 aliphatic rings. The number of rotatable bonds is 7. The molecule has 1 N–H and O–H groups in total. The van der Waals surface area contributed by atoms with Gasteiger partial charge in [-0.05, 0) is 38.0 Å². The Hall–Kier alpha value is -2.01. The topological polar surface area (TPSA) is 106 Å². The van der Waals surface area contributed by atoms with Crippen LogP contribution < -0.4 is 5.32 Å². The summed E-state index contributed by atoms with van der Waals surface area (Å²) >= 11 is 7.36. The third kappa shape index (κ3) is 6.03. The molecular formula is C20H24ClN3O5S2. The molecule has 0 saturated carbocycles. The number of aromatic nitrogens is 1. The molecule has 31 heavy (non-hydrogen) atoms. The van der Waals surface area contributed by atoms with E-state index in [1.54, 1.807) is 12.3 Å². The lowest BCUT2D eigenvalue weighted by Crippen LogP contribution is -2.32. The van der Waals surface area contributed by atoms with E-state index in [2.05, 4.69) is 10.3 Å². The number of sulfonamides is 1. The van der Waals surface area contributed by atoms with E-state index < -0.39 is 21.9 Å². The van der Waals surface area contributed by atoms with Crippen molar-refractivity contribution in [1.82, 2.24) is 9.29 Å². The van der Waals surface area contributed by atoms with Crippen molar-refractivity contribution in [3.63, 3.8) is 0 Å². The zero-order chi connectivity index (χ0) is 22.4. The number of hydrogen-bond acceptors (Lipinski definition) is 7. The molecule has 0 unspecified atom stereocenters. The molecule has 2 heterocycles. The molecule has 0 radical (unpaired) electrons. The van der Waals surface area contributed by atoms with E-state index in [9.17, 15) is 18.0 Å². The molecule has 3 rings (SSSR count). The SMILES string of the molecule is CCOC(=O)Cc1csc(NC(=O)c2ccc(Cl)c(S(=O)(=O)N3CCCCCC3)c2)n1. The van der Waals surface area contributed by atoms with Gasteiger partial charge in [0.2, 0.25) is 10.0 Å². The van der Waals surface area contributed by atoms with Gasteiger partial charge in [-0.15, -0.1) is 11.3 Å². The minimum Gasteiger partial charge on any atom is -0.466 e. The maximum atomic E-state index is 13.1. The van der Waals surface area contributed by atoms with Crippen LogP contribution >= 0.6 is 22.9 Å². The lowest BCUT2D eigenvalue weighted by Gasteiger charge is -2.21. The second-order valence-corrected chi connectivity index (χ2v) is 10.2. The molecule has 0 spiro atoms. The summed E-state index contributed by atoms with van der Waals surface area (Å²) in [6.45, 7) is 2.89. The molecule has 168 valence electrons. The van der Waals surface area contributed by atoms with Gasteiger partial charge < -0.3 is 4.74 Å². The average molecular weight is 486 g/mol. The fourth-order valence-electron chi connectivity index (χ4n) is 3.24. The summed E-state index contributed by atoms with van der Waals surface area (Å²) in [5.41, 5.74) is 0.638. The Labute approximate surface area is 190 Å². The minimum atomic E-state index is -3.80. The summed E-state index contributed by atoms with van der Waals surface area (Å²) < 4.78 is 32.5. The molecule has 8 nitrogen and oxygen atoms in total. The van der Waals surface area contributed by atoms with Gasteiger partial charge >= 0.3 is 5.97 Å². The Morgan fingerprint density at radius 3 is 2.61 bits per heavy atom. The number of carbonyl (C=O) groups excluding carboxylic acids is 2. The molecule has 2 aromatic rings. The molecule has 1 saturated heterocycles. The summed E-state index contributed by atoms with van der Waals surface area (Å²) in [6, 6.07) is 4.17. The van der Waals surface area contributed by atoms with Crippen LogP contribution in [0.5, 0.6) is 0 Å². The predicted octanol–water partition coefficient (Wildman–Crippen LogP) is 3.72. The highest BCUT2D eigenvalue weighted by atomic mass is 35.5. The van der Waals surface area contributed by atoms with E-state index in [0.717, 1.165) is 25.7 Å². The van der Waals surface area contributed by atoms with E-state index in [1.807, 2.05) is 0 Å². The molecular weight excluding hydrogens is 462 g/mol. The van der Waals surface area contributed by atoms with Crippen LogP contribution in [0.3, 0.4) is 0 Å². The molecule has 0 aliphatic carbocycles. The van der Waals surface area contributed by atoms with E-state index >= 15 is 0 Å². The molecule has 0 bridgehead atoms. The Morgan fingerprint density at radius 1 is 1.23 bits per heavy atom. The molecule has 1 fully saturated rings. The summed E-state index contributed by atoms with van der Waals surface area (Å²) in [5, 5.41) is 4.67. The van der Waals surface area contributed by atoms with Gasteiger partial charge in [0, 0.05) is 24.0 Å². The second kappa shape index (κ2) is 10.5. The van der Waals surface area contributed by atoms with Gasteiger partial charge in [0.25, 0.3) is 5.91 Å². The van der Waals surface area contributed by atoms with E-state index in [1.165, 1.54) is 33.8 Å². The van der Waals surface area contributed by atoms with Gasteiger partial charge in [0.1, 0.15) is 4.90 Å². The predicted molar refractivity (Wildman–Crippen MR) is 119 cm³/mol. The van der Waals surface area contributed by atoms with Crippen LogP contribution in [0, 0.1) is 0 Å². The van der Waals surface area contributed by atoms with E-state index in [-0.39, 0.29) is 28.5 Å². The zero-order valence-corrected chi connectivity index (χ0v) is 19.5. The highest BCUT2D eigenvalue weighted by molar-refractivity contribution is 7.89. The molecule has 1 aromatic carbocycles. The molecule has 1 aliphatic heterocycles. The molecule has 11 heteroatoms. The number of esters is 1.